The van der Waals surface area contributed by atoms with E-state index in [1.165, 1.54) is 11.3 Å². The van der Waals surface area contributed by atoms with E-state index >= 15 is 0 Å². The Bertz CT molecular complexity index is 1630. The largest absolute Gasteiger partial charge is 0.355 e. The third-order valence-electron chi connectivity index (χ3n) is 7.81. The lowest BCUT2D eigenvalue weighted by Crippen LogP contribution is -2.29. The normalized spacial score (nSPS) is 15.0. The fraction of sp³-hybridized carbons (Fsp3) is 0.216. The van der Waals surface area contributed by atoms with E-state index in [-0.39, 0.29) is 0 Å². The molecular formula is C37H41N5. The van der Waals surface area contributed by atoms with Crippen molar-refractivity contribution in [3.63, 3.8) is 0 Å². The van der Waals surface area contributed by atoms with Gasteiger partial charge in [0.2, 0.25) is 0 Å². The molecule has 0 fully saturated rings. The fourth-order valence-corrected chi connectivity index (χ4v) is 5.94. The first-order valence-electron chi connectivity index (χ1n) is 14.6. The molecule has 0 saturated carbocycles. The van der Waals surface area contributed by atoms with Crippen LogP contribution in [-0.4, -0.2) is 10.3 Å². The molecule has 0 atom stereocenters. The Morgan fingerprint density at radius 1 is 1.05 bits per heavy atom. The van der Waals surface area contributed by atoms with Crippen LogP contribution >= 0.6 is 0 Å². The van der Waals surface area contributed by atoms with Gasteiger partial charge in [-0.2, -0.15) is 0 Å². The number of anilines is 3. The van der Waals surface area contributed by atoms with Crippen LogP contribution < -0.4 is 15.5 Å². The van der Waals surface area contributed by atoms with Crippen molar-refractivity contribution in [3.8, 4) is 11.1 Å². The molecule has 5 nitrogen and oxygen atoms in total. The highest BCUT2D eigenvalue weighted by molar-refractivity contribution is 6.07. The van der Waals surface area contributed by atoms with Crippen LogP contribution in [0.2, 0.25) is 0 Å². The topological polar surface area (TPSA) is 56.1 Å². The summed E-state index contributed by atoms with van der Waals surface area (Å²) < 4.78 is 2.19. The highest BCUT2D eigenvalue weighted by atomic mass is 15.2. The molecule has 214 valence electrons. The van der Waals surface area contributed by atoms with Crippen molar-refractivity contribution in [3.05, 3.63) is 139 Å². The fourth-order valence-electron chi connectivity index (χ4n) is 5.94. The summed E-state index contributed by atoms with van der Waals surface area (Å²) in [7, 11) is 0. The molecule has 0 amide bonds. The lowest BCUT2D eigenvalue weighted by atomic mass is 9.85. The number of rotatable bonds is 10. The lowest BCUT2D eigenvalue weighted by molar-refractivity contribution is 0.529. The van der Waals surface area contributed by atoms with Crippen LogP contribution in [0.5, 0.6) is 0 Å². The molecule has 2 aliphatic rings. The van der Waals surface area contributed by atoms with E-state index in [2.05, 4.69) is 121 Å². The summed E-state index contributed by atoms with van der Waals surface area (Å²) in [6, 6.07) is 18.7. The van der Waals surface area contributed by atoms with Gasteiger partial charge in [-0.25, -0.2) is 0 Å². The van der Waals surface area contributed by atoms with Crippen molar-refractivity contribution >= 4 is 22.9 Å². The van der Waals surface area contributed by atoms with Crippen LogP contribution in [0.1, 0.15) is 45.6 Å². The van der Waals surface area contributed by atoms with Gasteiger partial charge in [0.25, 0.3) is 0 Å². The van der Waals surface area contributed by atoms with Gasteiger partial charge in [0.15, 0.2) is 0 Å². The molecule has 1 aliphatic heterocycles. The molecule has 1 aromatic heterocycles. The number of benzene rings is 2. The lowest BCUT2D eigenvalue weighted by Gasteiger charge is -2.38. The molecule has 0 saturated heterocycles. The Morgan fingerprint density at radius 3 is 2.40 bits per heavy atom. The Labute approximate surface area is 250 Å². The third-order valence-corrected chi connectivity index (χ3v) is 7.81. The first-order valence-corrected chi connectivity index (χ1v) is 14.6. The van der Waals surface area contributed by atoms with Gasteiger partial charge in [0, 0.05) is 63.6 Å². The summed E-state index contributed by atoms with van der Waals surface area (Å²) in [5.41, 5.74) is 11.8. The van der Waals surface area contributed by atoms with E-state index in [1.807, 2.05) is 13.0 Å². The van der Waals surface area contributed by atoms with Crippen molar-refractivity contribution in [2.24, 2.45) is 5.92 Å². The molecule has 3 N–H and O–H groups in total. The number of aromatic nitrogens is 1. The summed E-state index contributed by atoms with van der Waals surface area (Å²) in [6.45, 7) is 24.3. The van der Waals surface area contributed by atoms with Crippen molar-refractivity contribution < 1.29 is 0 Å². The zero-order valence-electron chi connectivity index (χ0n) is 25.1. The molecule has 3 aromatic rings. The number of para-hydroxylation sites is 1. The maximum Gasteiger partial charge on any atom is 0.119 e. The Morgan fingerprint density at radius 2 is 1.76 bits per heavy atom. The summed E-state index contributed by atoms with van der Waals surface area (Å²) in [5.74, 6) is 1.37. The monoisotopic (exact) mass is 555 g/mol. The van der Waals surface area contributed by atoms with Crippen LogP contribution in [0.15, 0.2) is 133 Å². The quantitative estimate of drug-likeness (QED) is 0.218. The van der Waals surface area contributed by atoms with E-state index in [1.54, 1.807) is 6.20 Å². The molecule has 42 heavy (non-hydrogen) atoms. The van der Waals surface area contributed by atoms with E-state index in [0.717, 1.165) is 82.2 Å². The van der Waals surface area contributed by atoms with Crippen molar-refractivity contribution in [1.29, 1.82) is 5.41 Å². The minimum Gasteiger partial charge on any atom is -0.355 e. The van der Waals surface area contributed by atoms with Crippen LogP contribution in [-0.2, 0) is 6.54 Å². The highest BCUT2D eigenvalue weighted by Gasteiger charge is 2.29. The predicted octanol–water partition coefficient (Wildman–Crippen LogP) is 9.63. The van der Waals surface area contributed by atoms with Crippen LogP contribution in [0.4, 0.5) is 17.2 Å². The summed E-state index contributed by atoms with van der Waals surface area (Å²) >= 11 is 0. The second kappa shape index (κ2) is 12.0. The van der Waals surface area contributed by atoms with Gasteiger partial charge in [0.1, 0.15) is 5.82 Å². The van der Waals surface area contributed by atoms with E-state index in [4.69, 9.17) is 5.41 Å². The smallest absolute Gasteiger partial charge is 0.119 e. The summed E-state index contributed by atoms with van der Waals surface area (Å²) in [5, 5.41) is 15.3. The molecule has 0 spiro atoms. The van der Waals surface area contributed by atoms with Gasteiger partial charge in [-0.05, 0) is 85.4 Å². The molecule has 0 bridgehead atoms. The minimum atomic E-state index is 0.464. The molecule has 0 radical (unpaired) electrons. The van der Waals surface area contributed by atoms with Crippen LogP contribution in [0.25, 0.3) is 11.1 Å². The van der Waals surface area contributed by atoms with Crippen LogP contribution in [0.3, 0.4) is 0 Å². The predicted molar refractivity (Wildman–Crippen MR) is 180 cm³/mol. The number of hydrogen-bond donors (Lipinski definition) is 3. The molecule has 2 aromatic carbocycles. The van der Waals surface area contributed by atoms with E-state index < -0.39 is 0 Å². The third kappa shape index (κ3) is 5.55. The van der Waals surface area contributed by atoms with E-state index in [9.17, 15) is 0 Å². The minimum absolute atomic E-state index is 0.464. The highest BCUT2D eigenvalue weighted by Crippen LogP contribution is 2.43. The summed E-state index contributed by atoms with van der Waals surface area (Å²) in [6.07, 6.45) is 9.10. The molecule has 5 rings (SSSR count). The maximum atomic E-state index is 8.52. The first-order chi connectivity index (χ1) is 20.2. The average Bonchev–Trinajstić information content (AvgIpc) is 3.31. The first kappa shape index (κ1) is 28.7. The van der Waals surface area contributed by atoms with E-state index in [0.29, 0.717) is 11.6 Å². The van der Waals surface area contributed by atoms with Crippen molar-refractivity contribution in [1.82, 2.24) is 4.57 Å². The molecule has 2 heterocycles. The number of allylic oxidation sites excluding steroid dienone is 4. The van der Waals surface area contributed by atoms with Gasteiger partial charge in [-0.3, -0.25) is 0 Å². The van der Waals surface area contributed by atoms with Gasteiger partial charge >= 0.3 is 0 Å². The average molecular weight is 556 g/mol. The van der Waals surface area contributed by atoms with Crippen molar-refractivity contribution in [2.75, 3.05) is 15.5 Å². The Balaban J connectivity index is 1.44. The van der Waals surface area contributed by atoms with Gasteiger partial charge in [-0.15, -0.1) is 0 Å². The Kier molecular flexibility index (Phi) is 8.21. The molecular weight excluding hydrogens is 514 g/mol. The maximum absolute atomic E-state index is 8.52. The van der Waals surface area contributed by atoms with Gasteiger partial charge in [0.05, 0.1) is 0 Å². The molecule has 0 unspecified atom stereocenters. The van der Waals surface area contributed by atoms with Gasteiger partial charge < -0.3 is 25.5 Å². The second-order valence-electron chi connectivity index (χ2n) is 11.5. The van der Waals surface area contributed by atoms with Gasteiger partial charge in [-0.1, -0.05) is 70.5 Å². The van der Waals surface area contributed by atoms with Crippen molar-refractivity contribution in [2.45, 2.75) is 46.6 Å². The Hall–Kier alpha value is -4.77. The zero-order chi connectivity index (χ0) is 30.0. The number of nitrogens with zero attached hydrogens (tertiary/aromatic N) is 2. The standard InChI is InChI=1S/C37H41N5/c1-8-39-37-36(26(5)38)34(23-41(37)22-24(2)3)29-17-19-30(20-18-29)40-27(6)33-21-32-25(4)13-12-16-35(32)42(28(33)7)31-14-10-9-11-15-31/h8-11,14-15,17-21,23-24,38-40H,1,4,6-7,12-13,16,22H2,2-3,5H3. The SMILES string of the molecule is C=CNc1c(C(C)=N)c(-c2ccc(NC(=C)C3=CC4=C(CCCC4=C)N(c4ccccc4)C3=C)cc2)cn1CC(C)C. The zero-order valence-corrected chi connectivity index (χ0v) is 25.1. The van der Waals surface area contributed by atoms with Crippen LogP contribution in [0, 0.1) is 11.3 Å². The molecule has 1 aliphatic carbocycles. The second-order valence-corrected chi connectivity index (χ2v) is 11.5. The molecule has 5 heteroatoms. The summed E-state index contributed by atoms with van der Waals surface area (Å²) in [4.78, 5) is 2.27. The number of hydrogen-bond acceptors (Lipinski definition) is 4. The number of nitrogens with one attached hydrogen (secondary N) is 3.